The van der Waals surface area contributed by atoms with E-state index in [-0.39, 0.29) is 0 Å². The van der Waals surface area contributed by atoms with Crippen LogP contribution in [0.4, 0.5) is 0 Å². The molecule has 94 valence electrons. The molecule has 0 spiro atoms. The molecule has 1 saturated carbocycles. The van der Waals surface area contributed by atoms with Gasteiger partial charge in [0, 0.05) is 5.41 Å². The van der Waals surface area contributed by atoms with Crippen molar-refractivity contribution in [3.63, 3.8) is 0 Å². The molecule has 2 nitrogen and oxygen atoms in total. The molecule has 1 saturated heterocycles. The van der Waals surface area contributed by atoms with E-state index in [1.54, 1.807) is 0 Å². The zero-order valence-corrected chi connectivity index (χ0v) is 10.9. The maximum atomic E-state index is 5.59. The van der Waals surface area contributed by atoms with Gasteiger partial charge in [-0.3, -0.25) is 0 Å². The van der Waals surface area contributed by atoms with Crippen LogP contribution < -0.4 is 5.32 Å². The zero-order chi connectivity index (χ0) is 11.4. The van der Waals surface area contributed by atoms with Crippen molar-refractivity contribution >= 4 is 0 Å². The molecular weight excluding hydrogens is 198 g/mol. The van der Waals surface area contributed by atoms with Crippen molar-refractivity contribution in [3.8, 4) is 0 Å². The van der Waals surface area contributed by atoms with E-state index >= 15 is 0 Å². The first-order chi connectivity index (χ1) is 7.83. The fraction of sp³-hybridized carbons (Fsp3) is 1.00. The van der Waals surface area contributed by atoms with Crippen LogP contribution in [0.25, 0.3) is 0 Å². The first kappa shape index (κ1) is 12.4. The minimum Gasteiger partial charge on any atom is -0.380 e. The Labute approximate surface area is 100 Å². The lowest BCUT2D eigenvalue weighted by atomic mass is 9.60. The van der Waals surface area contributed by atoms with Gasteiger partial charge in [-0.2, -0.15) is 0 Å². The number of hydrogen-bond donors (Lipinski definition) is 1. The predicted octanol–water partition coefficient (Wildman–Crippen LogP) is 2.83. The molecule has 2 fully saturated rings. The summed E-state index contributed by atoms with van der Waals surface area (Å²) in [6.45, 7) is 5.55. The highest BCUT2D eigenvalue weighted by atomic mass is 16.5. The number of rotatable bonds is 5. The van der Waals surface area contributed by atoms with Gasteiger partial charge in [-0.15, -0.1) is 0 Å². The monoisotopic (exact) mass is 225 g/mol. The van der Waals surface area contributed by atoms with E-state index in [0.29, 0.717) is 5.41 Å². The fourth-order valence-electron chi connectivity index (χ4n) is 3.82. The van der Waals surface area contributed by atoms with Gasteiger partial charge in [0.05, 0.1) is 13.2 Å². The molecule has 1 unspecified atom stereocenters. The Kier molecular flexibility index (Phi) is 4.26. The average Bonchev–Trinajstić information content (AvgIpc) is 2.28. The summed E-state index contributed by atoms with van der Waals surface area (Å²) < 4.78 is 5.59. The van der Waals surface area contributed by atoms with Gasteiger partial charge in [-0.05, 0) is 38.3 Å². The standard InChI is InChI=1S/C14H27NO/c1-3-12(9-15-2)14(10-16-11-14)13-7-5-4-6-8-13/h12-13,15H,3-11H2,1-2H3. The summed E-state index contributed by atoms with van der Waals surface area (Å²) >= 11 is 0. The second-order valence-corrected chi connectivity index (χ2v) is 5.72. The van der Waals surface area contributed by atoms with E-state index in [0.717, 1.165) is 31.6 Å². The number of hydrogen-bond acceptors (Lipinski definition) is 2. The molecule has 0 aromatic rings. The van der Waals surface area contributed by atoms with Crippen LogP contribution in [0, 0.1) is 17.3 Å². The predicted molar refractivity (Wildman–Crippen MR) is 67.5 cm³/mol. The van der Waals surface area contributed by atoms with E-state index in [4.69, 9.17) is 4.74 Å². The molecule has 0 bridgehead atoms. The summed E-state index contributed by atoms with van der Waals surface area (Å²) in [5.74, 6) is 1.75. The van der Waals surface area contributed by atoms with Gasteiger partial charge < -0.3 is 10.1 Å². The van der Waals surface area contributed by atoms with Crippen molar-refractivity contribution < 1.29 is 4.74 Å². The van der Waals surface area contributed by atoms with Crippen molar-refractivity contribution in [1.29, 1.82) is 0 Å². The molecule has 1 atom stereocenters. The second-order valence-electron chi connectivity index (χ2n) is 5.72. The van der Waals surface area contributed by atoms with E-state index in [1.807, 2.05) is 0 Å². The maximum Gasteiger partial charge on any atom is 0.0550 e. The Balaban J connectivity index is 2.04. The lowest BCUT2D eigenvalue weighted by molar-refractivity contribution is -0.184. The molecule has 1 aliphatic heterocycles. The summed E-state index contributed by atoms with van der Waals surface area (Å²) in [6, 6.07) is 0. The SMILES string of the molecule is CCC(CNC)C1(C2CCCCC2)COC1. The highest BCUT2D eigenvalue weighted by Crippen LogP contribution is 2.49. The van der Waals surface area contributed by atoms with Crippen LogP contribution in [-0.4, -0.2) is 26.8 Å². The minimum atomic E-state index is 0.526. The van der Waals surface area contributed by atoms with Gasteiger partial charge in [0.1, 0.15) is 0 Å². The summed E-state index contributed by atoms with van der Waals surface area (Å²) in [5, 5.41) is 3.38. The Hall–Kier alpha value is -0.0800. The third-order valence-corrected chi connectivity index (χ3v) is 4.92. The topological polar surface area (TPSA) is 21.3 Å². The van der Waals surface area contributed by atoms with Gasteiger partial charge in [0.2, 0.25) is 0 Å². The van der Waals surface area contributed by atoms with Crippen LogP contribution in [0.15, 0.2) is 0 Å². The fourth-order valence-corrected chi connectivity index (χ4v) is 3.82. The van der Waals surface area contributed by atoms with Crippen molar-refractivity contribution in [2.24, 2.45) is 17.3 Å². The highest BCUT2D eigenvalue weighted by Gasteiger charge is 2.49. The lowest BCUT2D eigenvalue weighted by Gasteiger charge is -2.53. The number of ether oxygens (including phenoxy) is 1. The van der Waals surface area contributed by atoms with E-state index < -0.39 is 0 Å². The van der Waals surface area contributed by atoms with E-state index in [2.05, 4.69) is 19.3 Å². The van der Waals surface area contributed by atoms with Crippen LogP contribution >= 0.6 is 0 Å². The molecule has 2 aliphatic rings. The molecule has 1 heterocycles. The summed E-state index contributed by atoms with van der Waals surface area (Å²) in [4.78, 5) is 0. The molecule has 0 aromatic heterocycles. The smallest absolute Gasteiger partial charge is 0.0550 e. The minimum absolute atomic E-state index is 0.526. The third kappa shape index (κ3) is 2.14. The summed E-state index contributed by atoms with van der Waals surface area (Å²) in [5.41, 5.74) is 0.526. The highest BCUT2D eigenvalue weighted by molar-refractivity contribution is 4.98. The van der Waals surface area contributed by atoms with Gasteiger partial charge in [0.25, 0.3) is 0 Å². The van der Waals surface area contributed by atoms with Crippen molar-refractivity contribution in [1.82, 2.24) is 5.32 Å². The Bertz CT molecular complexity index is 200. The van der Waals surface area contributed by atoms with Crippen molar-refractivity contribution in [2.75, 3.05) is 26.8 Å². The van der Waals surface area contributed by atoms with E-state index in [9.17, 15) is 0 Å². The molecule has 2 heteroatoms. The van der Waals surface area contributed by atoms with E-state index in [1.165, 1.54) is 38.5 Å². The molecule has 0 aromatic carbocycles. The quantitative estimate of drug-likeness (QED) is 0.777. The first-order valence-electron chi connectivity index (χ1n) is 7.06. The van der Waals surface area contributed by atoms with Crippen LogP contribution in [0.3, 0.4) is 0 Å². The normalized spacial score (nSPS) is 27.4. The largest absolute Gasteiger partial charge is 0.380 e. The van der Waals surface area contributed by atoms with Crippen molar-refractivity contribution in [3.05, 3.63) is 0 Å². The molecule has 2 rings (SSSR count). The first-order valence-corrected chi connectivity index (χ1v) is 7.06. The zero-order valence-electron chi connectivity index (χ0n) is 10.9. The molecular formula is C14H27NO. The Morgan fingerprint density at radius 2 is 1.94 bits per heavy atom. The summed E-state index contributed by atoms with van der Waals surface area (Å²) in [6.07, 6.45) is 8.54. The Morgan fingerprint density at radius 1 is 1.25 bits per heavy atom. The van der Waals surface area contributed by atoms with Crippen LogP contribution in [-0.2, 0) is 4.74 Å². The molecule has 16 heavy (non-hydrogen) atoms. The third-order valence-electron chi connectivity index (χ3n) is 4.92. The van der Waals surface area contributed by atoms with Gasteiger partial charge in [-0.1, -0.05) is 32.6 Å². The summed E-state index contributed by atoms with van der Waals surface area (Å²) in [7, 11) is 2.08. The van der Waals surface area contributed by atoms with Crippen LogP contribution in [0.2, 0.25) is 0 Å². The molecule has 1 aliphatic carbocycles. The van der Waals surface area contributed by atoms with Gasteiger partial charge in [-0.25, -0.2) is 0 Å². The molecule has 0 amide bonds. The lowest BCUT2D eigenvalue weighted by Crippen LogP contribution is -2.56. The van der Waals surface area contributed by atoms with Crippen LogP contribution in [0.5, 0.6) is 0 Å². The molecule has 0 radical (unpaired) electrons. The van der Waals surface area contributed by atoms with Crippen molar-refractivity contribution in [2.45, 2.75) is 45.4 Å². The molecule has 1 N–H and O–H groups in total. The maximum absolute atomic E-state index is 5.59. The average molecular weight is 225 g/mol. The second kappa shape index (κ2) is 5.50. The Morgan fingerprint density at radius 3 is 2.38 bits per heavy atom. The van der Waals surface area contributed by atoms with Gasteiger partial charge in [0.15, 0.2) is 0 Å². The number of nitrogens with one attached hydrogen (secondary N) is 1. The van der Waals surface area contributed by atoms with Gasteiger partial charge >= 0.3 is 0 Å². The van der Waals surface area contributed by atoms with Crippen LogP contribution in [0.1, 0.15) is 45.4 Å².